The van der Waals surface area contributed by atoms with Crippen molar-refractivity contribution in [2.75, 3.05) is 19.5 Å². The Bertz CT molecular complexity index is 1250. The highest BCUT2D eigenvalue weighted by molar-refractivity contribution is 7.16. The average molecular weight is 492 g/mol. The zero-order chi connectivity index (χ0) is 24.1. The summed E-state index contributed by atoms with van der Waals surface area (Å²) in [5, 5.41) is 3.00. The number of amides is 1. The van der Waals surface area contributed by atoms with Crippen molar-refractivity contribution in [3.63, 3.8) is 0 Å². The van der Waals surface area contributed by atoms with E-state index in [0.717, 1.165) is 29.9 Å². The molecular formula is C22H19F3N4O4S. The number of carbonyl (C=O) groups excluding carboxylic acids is 1. The van der Waals surface area contributed by atoms with Crippen molar-refractivity contribution in [3.05, 3.63) is 40.5 Å². The number of benzene rings is 1. The van der Waals surface area contributed by atoms with Crippen LogP contribution in [0.15, 0.2) is 24.5 Å². The molecule has 0 radical (unpaired) electrons. The molecule has 0 saturated heterocycles. The molecule has 1 aromatic carbocycles. The van der Waals surface area contributed by atoms with Crippen LogP contribution in [0.3, 0.4) is 0 Å². The third kappa shape index (κ3) is 3.61. The molecule has 0 unspecified atom stereocenters. The lowest BCUT2D eigenvalue weighted by Crippen LogP contribution is -2.32. The maximum absolute atomic E-state index is 13.3. The molecule has 1 aliphatic heterocycles. The third-order valence-electron chi connectivity index (χ3n) is 5.93. The van der Waals surface area contributed by atoms with Gasteiger partial charge < -0.3 is 14.2 Å². The number of halogens is 3. The number of alkyl halides is 3. The monoisotopic (exact) mass is 492 g/mol. The Morgan fingerprint density at radius 3 is 2.44 bits per heavy atom. The Morgan fingerprint density at radius 1 is 1.15 bits per heavy atom. The summed E-state index contributed by atoms with van der Waals surface area (Å²) in [5.74, 6) is -0.376. The summed E-state index contributed by atoms with van der Waals surface area (Å²) in [6, 6.07) is 3.39. The van der Waals surface area contributed by atoms with Crippen molar-refractivity contribution < 1.29 is 32.2 Å². The van der Waals surface area contributed by atoms with Gasteiger partial charge in [-0.05, 0) is 43.9 Å². The first kappa shape index (κ1) is 22.4. The number of ether oxygens (including phenoxy) is 3. The maximum atomic E-state index is 13.3. The second kappa shape index (κ2) is 8.12. The minimum Gasteiger partial charge on any atom is -0.481 e. The van der Waals surface area contributed by atoms with Crippen LogP contribution in [-0.4, -0.2) is 35.1 Å². The van der Waals surface area contributed by atoms with E-state index in [0.29, 0.717) is 24.1 Å². The van der Waals surface area contributed by atoms with Gasteiger partial charge in [0.05, 0.1) is 30.4 Å². The Morgan fingerprint density at radius 2 is 1.82 bits per heavy atom. The molecule has 2 aromatic heterocycles. The van der Waals surface area contributed by atoms with Crippen LogP contribution in [0, 0.1) is 0 Å². The normalized spacial score (nSPS) is 15.9. The Hall–Kier alpha value is -3.41. The Kier molecular flexibility index (Phi) is 5.34. The fourth-order valence-corrected chi connectivity index (χ4v) is 5.55. The van der Waals surface area contributed by atoms with Crippen LogP contribution in [-0.2, 0) is 11.8 Å². The van der Waals surface area contributed by atoms with Gasteiger partial charge in [0.15, 0.2) is 10.7 Å². The van der Waals surface area contributed by atoms with E-state index < -0.39 is 23.2 Å². The van der Waals surface area contributed by atoms with E-state index >= 15 is 0 Å². The van der Waals surface area contributed by atoms with Crippen LogP contribution in [0.25, 0.3) is 11.3 Å². The number of carbonyl (C=O) groups is 1. The molecule has 34 heavy (non-hydrogen) atoms. The highest BCUT2D eigenvalue weighted by Gasteiger charge is 2.46. The molecule has 178 valence electrons. The van der Waals surface area contributed by atoms with Crippen LogP contribution in [0.1, 0.15) is 46.5 Å². The van der Waals surface area contributed by atoms with Crippen LogP contribution < -0.4 is 19.5 Å². The lowest BCUT2D eigenvalue weighted by molar-refractivity contribution is -0.137. The van der Waals surface area contributed by atoms with Crippen molar-refractivity contribution in [2.45, 2.75) is 37.5 Å². The molecule has 1 saturated carbocycles. The summed E-state index contributed by atoms with van der Waals surface area (Å²) < 4.78 is 56.5. The van der Waals surface area contributed by atoms with Gasteiger partial charge in [-0.2, -0.15) is 13.2 Å². The molecular weight excluding hydrogens is 473 g/mol. The van der Waals surface area contributed by atoms with Crippen LogP contribution in [0.5, 0.6) is 17.5 Å². The Labute approximate surface area is 196 Å². The van der Waals surface area contributed by atoms with Crippen LogP contribution in [0.2, 0.25) is 0 Å². The minimum atomic E-state index is -4.49. The number of nitrogens with zero attached hydrogens (tertiary/aromatic N) is 3. The Balaban J connectivity index is 1.56. The maximum Gasteiger partial charge on any atom is 0.416 e. The van der Waals surface area contributed by atoms with E-state index in [2.05, 4.69) is 20.3 Å². The molecule has 1 spiro atoms. The molecule has 2 aliphatic rings. The second-order valence-electron chi connectivity index (χ2n) is 7.93. The zero-order valence-electron chi connectivity index (χ0n) is 18.2. The highest BCUT2D eigenvalue weighted by Crippen LogP contribution is 2.55. The van der Waals surface area contributed by atoms with Crippen LogP contribution in [0.4, 0.5) is 18.3 Å². The molecule has 1 fully saturated rings. The molecule has 1 amide bonds. The molecule has 12 heteroatoms. The van der Waals surface area contributed by atoms with Crippen molar-refractivity contribution >= 4 is 22.4 Å². The zero-order valence-corrected chi connectivity index (χ0v) is 19.0. The number of nitrogens with one attached hydrogen (secondary N) is 1. The van der Waals surface area contributed by atoms with Gasteiger partial charge in [-0.1, -0.05) is 11.3 Å². The summed E-state index contributed by atoms with van der Waals surface area (Å²) in [6.07, 6.45) is -0.215. The fourth-order valence-electron chi connectivity index (χ4n) is 4.39. The first-order valence-electron chi connectivity index (χ1n) is 10.4. The average Bonchev–Trinajstić information content (AvgIpc) is 3.45. The fraction of sp³-hybridized carbons (Fsp3) is 0.364. The predicted octanol–water partition coefficient (Wildman–Crippen LogP) is 5.05. The van der Waals surface area contributed by atoms with E-state index in [1.54, 1.807) is 0 Å². The second-order valence-corrected chi connectivity index (χ2v) is 8.93. The van der Waals surface area contributed by atoms with E-state index in [-0.39, 0.29) is 28.2 Å². The molecule has 1 aliphatic carbocycles. The number of rotatable bonds is 4. The van der Waals surface area contributed by atoms with Crippen molar-refractivity contribution in [3.8, 4) is 28.8 Å². The predicted molar refractivity (Wildman–Crippen MR) is 116 cm³/mol. The first-order chi connectivity index (χ1) is 16.3. The summed E-state index contributed by atoms with van der Waals surface area (Å²) in [6.45, 7) is 0. The standard InChI is InChI=1S/C22H19F3N4O4S/c1-31-18-14(19(32-2)27-10-26-18)17(30)29-20-28-15-12-6-5-11(22(23,24)25)9-13(12)33-21(16(15)34-20)7-3-4-8-21/h5-6,9-10H,3-4,7-8H2,1-2H3,(H,28,29,30). The number of fused-ring (bicyclic) bond motifs is 4. The topological polar surface area (TPSA) is 95.5 Å². The van der Waals surface area contributed by atoms with Crippen LogP contribution >= 0.6 is 11.3 Å². The van der Waals surface area contributed by atoms with Gasteiger partial charge >= 0.3 is 6.18 Å². The summed E-state index contributed by atoms with van der Waals surface area (Å²) in [5.41, 5.74) is -0.577. The van der Waals surface area contributed by atoms with Gasteiger partial charge in [-0.15, -0.1) is 0 Å². The van der Waals surface area contributed by atoms with Gasteiger partial charge in [0.1, 0.15) is 17.7 Å². The smallest absolute Gasteiger partial charge is 0.416 e. The van der Waals surface area contributed by atoms with Gasteiger partial charge in [0.25, 0.3) is 5.91 Å². The van der Waals surface area contributed by atoms with Gasteiger partial charge in [-0.3, -0.25) is 10.1 Å². The van der Waals surface area contributed by atoms with E-state index in [4.69, 9.17) is 14.2 Å². The minimum absolute atomic E-state index is 0.00252. The lowest BCUT2D eigenvalue weighted by Gasteiger charge is -2.35. The summed E-state index contributed by atoms with van der Waals surface area (Å²) in [7, 11) is 2.74. The van der Waals surface area contributed by atoms with E-state index in [1.807, 2.05) is 0 Å². The summed E-state index contributed by atoms with van der Waals surface area (Å²) in [4.78, 5) is 26.3. The van der Waals surface area contributed by atoms with Gasteiger partial charge in [0, 0.05) is 5.56 Å². The van der Waals surface area contributed by atoms with Crippen molar-refractivity contribution in [2.24, 2.45) is 0 Å². The highest BCUT2D eigenvalue weighted by atomic mass is 32.1. The number of methoxy groups -OCH3 is 2. The molecule has 8 nitrogen and oxygen atoms in total. The molecule has 1 N–H and O–H groups in total. The SMILES string of the molecule is COc1ncnc(OC)c1C(=O)Nc1nc2c(s1)C1(CCCC1)Oc1cc(C(F)(F)F)ccc1-2. The number of thiazole rings is 1. The molecule has 3 heterocycles. The largest absolute Gasteiger partial charge is 0.481 e. The third-order valence-corrected chi connectivity index (χ3v) is 7.09. The van der Waals surface area contributed by atoms with E-state index in [1.165, 1.54) is 38.0 Å². The number of anilines is 1. The van der Waals surface area contributed by atoms with Crippen molar-refractivity contribution in [1.29, 1.82) is 0 Å². The number of aromatic nitrogens is 3. The lowest BCUT2D eigenvalue weighted by atomic mass is 9.91. The molecule has 5 rings (SSSR count). The number of hydrogen-bond acceptors (Lipinski definition) is 8. The van der Waals surface area contributed by atoms with Gasteiger partial charge in [-0.25, -0.2) is 15.0 Å². The van der Waals surface area contributed by atoms with Gasteiger partial charge in [0.2, 0.25) is 11.8 Å². The number of hydrogen-bond donors (Lipinski definition) is 1. The van der Waals surface area contributed by atoms with Crippen molar-refractivity contribution in [1.82, 2.24) is 15.0 Å². The molecule has 0 bridgehead atoms. The summed E-state index contributed by atoms with van der Waals surface area (Å²) >= 11 is 1.24. The van der Waals surface area contributed by atoms with E-state index in [9.17, 15) is 18.0 Å². The first-order valence-corrected chi connectivity index (χ1v) is 11.2. The molecule has 3 aromatic rings. The molecule has 0 atom stereocenters. The quantitative estimate of drug-likeness (QED) is 0.545.